The maximum absolute atomic E-state index is 6.18. The number of aromatic nitrogens is 4. The maximum atomic E-state index is 6.18. The highest BCUT2D eigenvalue weighted by molar-refractivity contribution is 7.98. The van der Waals surface area contributed by atoms with Crippen molar-refractivity contribution < 1.29 is 13.9 Å². The van der Waals surface area contributed by atoms with E-state index in [2.05, 4.69) is 15.2 Å². The van der Waals surface area contributed by atoms with Crippen LogP contribution in [0.2, 0.25) is 10.0 Å². The lowest BCUT2D eigenvalue weighted by atomic mass is 10.2. The molecule has 144 valence electrons. The van der Waals surface area contributed by atoms with Crippen LogP contribution in [0.3, 0.4) is 0 Å². The third-order valence-corrected chi connectivity index (χ3v) is 5.24. The Morgan fingerprint density at radius 2 is 1.89 bits per heavy atom. The third kappa shape index (κ3) is 3.76. The highest BCUT2D eigenvalue weighted by atomic mass is 35.5. The van der Waals surface area contributed by atoms with Gasteiger partial charge >= 0.3 is 0 Å². The van der Waals surface area contributed by atoms with Crippen LogP contribution in [-0.2, 0) is 5.75 Å². The van der Waals surface area contributed by atoms with Crippen LogP contribution in [0.4, 0.5) is 0 Å². The molecule has 0 saturated heterocycles. The van der Waals surface area contributed by atoms with E-state index in [9.17, 15) is 0 Å². The maximum Gasteiger partial charge on any atom is 0.277 e. The minimum atomic E-state index is 0.397. The van der Waals surface area contributed by atoms with Crippen LogP contribution in [-0.4, -0.2) is 33.8 Å². The summed E-state index contributed by atoms with van der Waals surface area (Å²) in [5, 5.41) is 9.66. The first-order valence-electron chi connectivity index (χ1n) is 8.08. The Labute approximate surface area is 174 Å². The van der Waals surface area contributed by atoms with Crippen LogP contribution >= 0.6 is 35.0 Å². The summed E-state index contributed by atoms with van der Waals surface area (Å²) >= 11 is 13.6. The highest BCUT2D eigenvalue weighted by Gasteiger charge is 2.14. The van der Waals surface area contributed by atoms with Crippen LogP contribution in [0.1, 0.15) is 5.69 Å². The Kier molecular flexibility index (Phi) is 5.34. The molecule has 4 aromatic rings. The smallest absolute Gasteiger partial charge is 0.277 e. The van der Waals surface area contributed by atoms with Gasteiger partial charge in [-0.2, -0.15) is 0 Å². The van der Waals surface area contributed by atoms with E-state index in [0.717, 1.165) is 11.3 Å². The molecule has 0 fully saturated rings. The number of imidazole rings is 1. The average molecular weight is 437 g/mol. The molecule has 7 nitrogen and oxygen atoms in total. The molecule has 0 amide bonds. The van der Waals surface area contributed by atoms with Gasteiger partial charge in [-0.1, -0.05) is 35.0 Å². The Bertz CT molecular complexity index is 1150. The van der Waals surface area contributed by atoms with Crippen molar-refractivity contribution in [2.24, 2.45) is 0 Å². The number of thioether (sulfide) groups is 1. The first-order chi connectivity index (χ1) is 13.6. The molecule has 10 heteroatoms. The van der Waals surface area contributed by atoms with Crippen molar-refractivity contribution in [1.29, 1.82) is 0 Å². The molecular formula is C18H14Cl2N4O3S. The SMILES string of the molecule is COc1ccc(-c2nnc(SCc3cn4cc(Cl)cc(Cl)c4n3)o2)cc1OC. The van der Waals surface area contributed by atoms with Crippen molar-refractivity contribution >= 4 is 40.6 Å². The molecule has 0 aliphatic rings. The zero-order valence-electron chi connectivity index (χ0n) is 14.8. The van der Waals surface area contributed by atoms with E-state index in [1.54, 1.807) is 43.0 Å². The van der Waals surface area contributed by atoms with Crippen molar-refractivity contribution in [3.8, 4) is 23.0 Å². The molecule has 28 heavy (non-hydrogen) atoms. The van der Waals surface area contributed by atoms with E-state index < -0.39 is 0 Å². The summed E-state index contributed by atoms with van der Waals surface area (Å²) in [5.74, 6) is 2.16. The van der Waals surface area contributed by atoms with Crippen molar-refractivity contribution in [1.82, 2.24) is 19.6 Å². The molecule has 0 N–H and O–H groups in total. The van der Waals surface area contributed by atoms with E-state index in [4.69, 9.17) is 37.1 Å². The van der Waals surface area contributed by atoms with Gasteiger partial charge in [0.15, 0.2) is 17.1 Å². The standard InChI is InChI=1S/C18H14Cl2N4O3S/c1-25-14-4-3-10(5-15(14)26-2)17-22-23-18(27-17)28-9-12-8-24-7-11(19)6-13(20)16(24)21-12/h3-8H,9H2,1-2H3. The molecule has 0 radical (unpaired) electrons. The predicted octanol–water partition coefficient (Wildman–Crippen LogP) is 5.00. The van der Waals surface area contributed by atoms with E-state index in [1.807, 2.05) is 12.3 Å². The molecule has 0 saturated carbocycles. The third-order valence-electron chi connectivity index (χ3n) is 3.90. The number of rotatable bonds is 6. The lowest BCUT2D eigenvalue weighted by Crippen LogP contribution is -1.90. The molecule has 4 rings (SSSR count). The fraction of sp³-hybridized carbons (Fsp3) is 0.167. The highest BCUT2D eigenvalue weighted by Crippen LogP contribution is 2.33. The van der Waals surface area contributed by atoms with Gasteiger partial charge in [0.2, 0.25) is 5.89 Å². The zero-order chi connectivity index (χ0) is 19.7. The second-order valence-electron chi connectivity index (χ2n) is 5.70. The monoisotopic (exact) mass is 436 g/mol. The van der Waals surface area contributed by atoms with Crippen LogP contribution in [0, 0.1) is 0 Å². The van der Waals surface area contributed by atoms with Gasteiger partial charge in [0.1, 0.15) is 0 Å². The summed E-state index contributed by atoms with van der Waals surface area (Å²) in [5.41, 5.74) is 2.21. The summed E-state index contributed by atoms with van der Waals surface area (Å²) in [4.78, 5) is 4.51. The summed E-state index contributed by atoms with van der Waals surface area (Å²) in [6.45, 7) is 0. The number of benzene rings is 1. The zero-order valence-corrected chi connectivity index (χ0v) is 17.2. The number of ether oxygens (including phenoxy) is 2. The van der Waals surface area contributed by atoms with Gasteiger partial charge in [-0.3, -0.25) is 0 Å². The van der Waals surface area contributed by atoms with E-state index in [-0.39, 0.29) is 0 Å². The molecule has 3 aromatic heterocycles. The number of fused-ring (bicyclic) bond motifs is 1. The van der Waals surface area contributed by atoms with Gasteiger partial charge in [-0.25, -0.2) is 4.98 Å². The number of hydrogen-bond acceptors (Lipinski definition) is 7. The minimum Gasteiger partial charge on any atom is -0.493 e. The number of pyridine rings is 1. The summed E-state index contributed by atoms with van der Waals surface area (Å²) in [6.07, 6.45) is 3.62. The molecular weight excluding hydrogens is 423 g/mol. The number of methoxy groups -OCH3 is 2. The number of hydrogen-bond donors (Lipinski definition) is 0. The van der Waals surface area contributed by atoms with Crippen molar-refractivity contribution in [3.05, 3.63) is 52.4 Å². The van der Waals surface area contributed by atoms with Gasteiger partial charge in [0, 0.05) is 23.7 Å². The van der Waals surface area contributed by atoms with Crippen molar-refractivity contribution in [2.45, 2.75) is 11.0 Å². The fourth-order valence-electron chi connectivity index (χ4n) is 2.63. The second kappa shape index (κ2) is 7.90. The summed E-state index contributed by atoms with van der Waals surface area (Å²) in [7, 11) is 3.16. The molecule has 0 aliphatic carbocycles. The molecule has 0 unspecified atom stereocenters. The van der Waals surface area contributed by atoms with Crippen LogP contribution in [0.5, 0.6) is 11.5 Å². The van der Waals surface area contributed by atoms with Gasteiger partial charge in [0.05, 0.1) is 30.0 Å². The number of halogens is 2. The second-order valence-corrected chi connectivity index (χ2v) is 7.47. The molecule has 0 atom stereocenters. The van der Waals surface area contributed by atoms with Crippen LogP contribution in [0.15, 0.2) is 46.3 Å². The van der Waals surface area contributed by atoms with Gasteiger partial charge in [-0.05, 0) is 24.3 Å². The minimum absolute atomic E-state index is 0.397. The normalized spacial score (nSPS) is 11.1. The molecule has 3 heterocycles. The molecule has 0 spiro atoms. The van der Waals surface area contributed by atoms with E-state index in [1.165, 1.54) is 11.8 Å². The van der Waals surface area contributed by atoms with Crippen LogP contribution < -0.4 is 9.47 Å². The van der Waals surface area contributed by atoms with Gasteiger partial charge < -0.3 is 18.3 Å². The van der Waals surface area contributed by atoms with Gasteiger partial charge in [0.25, 0.3) is 5.22 Å². The average Bonchev–Trinajstić information content (AvgIpc) is 3.32. The van der Waals surface area contributed by atoms with Crippen molar-refractivity contribution in [2.75, 3.05) is 14.2 Å². The van der Waals surface area contributed by atoms with E-state index in [0.29, 0.717) is 44.1 Å². The first-order valence-corrected chi connectivity index (χ1v) is 9.83. The largest absolute Gasteiger partial charge is 0.493 e. The topological polar surface area (TPSA) is 74.7 Å². The summed E-state index contributed by atoms with van der Waals surface area (Å²) in [6, 6.07) is 7.07. The lowest BCUT2D eigenvalue weighted by molar-refractivity contribution is 0.355. The predicted molar refractivity (Wildman–Crippen MR) is 108 cm³/mol. The summed E-state index contributed by atoms with van der Waals surface area (Å²) < 4.78 is 18.1. The first kappa shape index (κ1) is 18.9. The quantitative estimate of drug-likeness (QED) is 0.393. The molecule has 1 aromatic carbocycles. The molecule has 0 bridgehead atoms. The fourth-order valence-corrected chi connectivity index (χ4v) is 3.81. The Hall–Kier alpha value is -2.42. The Balaban J connectivity index is 1.50. The Morgan fingerprint density at radius 1 is 1.07 bits per heavy atom. The van der Waals surface area contributed by atoms with E-state index >= 15 is 0 Å². The lowest BCUT2D eigenvalue weighted by Gasteiger charge is -2.07. The van der Waals surface area contributed by atoms with Crippen LogP contribution in [0.25, 0.3) is 17.1 Å². The van der Waals surface area contributed by atoms with Crippen molar-refractivity contribution in [3.63, 3.8) is 0 Å². The number of nitrogens with zero attached hydrogens (tertiary/aromatic N) is 4. The molecule has 0 aliphatic heterocycles. The Morgan fingerprint density at radius 3 is 2.68 bits per heavy atom. The van der Waals surface area contributed by atoms with Gasteiger partial charge in [-0.15, -0.1) is 10.2 Å².